The summed E-state index contributed by atoms with van der Waals surface area (Å²) in [5.41, 5.74) is 2.30. The zero-order valence-corrected chi connectivity index (χ0v) is 16.0. The molecule has 3 N–H and O–H groups in total. The van der Waals surface area contributed by atoms with Crippen molar-refractivity contribution in [2.75, 3.05) is 18.4 Å². The molecule has 28 heavy (non-hydrogen) atoms. The second-order valence-corrected chi connectivity index (χ2v) is 7.34. The summed E-state index contributed by atoms with van der Waals surface area (Å²) in [7, 11) is 0. The van der Waals surface area contributed by atoms with Crippen LogP contribution in [-0.2, 0) is 6.42 Å². The molecule has 3 rings (SSSR count). The minimum Gasteiger partial charge on any atom is -0.336 e. The van der Waals surface area contributed by atoms with E-state index < -0.39 is 0 Å². The van der Waals surface area contributed by atoms with Gasteiger partial charge in [0.2, 0.25) is 0 Å². The molecule has 1 aliphatic rings. The Morgan fingerprint density at radius 3 is 2.71 bits per heavy atom. The van der Waals surface area contributed by atoms with Gasteiger partial charge in [0.1, 0.15) is 5.82 Å². The van der Waals surface area contributed by atoms with Crippen molar-refractivity contribution >= 4 is 17.5 Å². The number of Topliss-reactive ketones (excluding diaryl/α,β-unsaturated/α-hetero) is 1. The maximum Gasteiger partial charge on any atom is 0.319 e. The summed E-state index contributed by atoms with van der Waals surface area (Å²) in [6, 6.07) is 13.5. The van der Waals surface area contributed by atoms with Gasteiger partial charge in [0.15, 0.2) is 5.78 Å². The molecule has 2 atom stereocenters. The molecular formula is C22H26FN3O2. The van der Waals surface area contributed by atoms with Crippen molar-refractivity contribution < 1.29 is 14.0 Å². The quantitative estimate of drug-likeness (QED) is 0.665. The molecule has 6 heteroatoms. The average Bonchev–Trinajstić information content (AvgIpc) is 2.69. The molecule has 5 nitrogen and oxygen atoms in total. The van der Waals surface area contributed by atoms with E-state index >= 15 is 0 Å². The molecule has 1 heterocycles. The number of halogens is 1. The summed E-state index contributed by atoms with van der Waals surface area (Å²) >= 11 is 0. The molecule has 0 bridgehead atoms. The summed E-state index contributed by atoms with van der Waals surface area (Å²) in [4.78, 5) is 23.6. The van der Waals surface area contributed by atoms with Crippen LogP contribution in [0, 0.1) is 11.7 Å². The predicted octanol–water partition coefficient (Wildman–Crippen LogP) is 3.76. The minimum atomic E-state index is -0.289. The largest absolute Gasteiger partial charge is 0.336 e. The molecule has 0 radical (unpaired) electrons. The van der Waals surface area contributed by atoms with E-state index in [-0.39, 0.29) is 23.7 Å². The van der Waals surface area contributed by atoms with E-state index in [4.69, 9.17) is 0 Å². The van der Waals surface area contributed by atoms with Crippen molar-refractivity contribution in [2.45, 2.75) is 32.2 Å². The molecule has 0 unspecified atom stereocenters. The van der Waals surface area contributed by atoms with E-state index in [9.17, 15) is 14.0 Å². The second-order valence-electron chi connectivity index (χ2n) is 7.34. The normalized spacial score (nSPS) is 19.1. The van der Waals surface area contributed by atoms with Crippen LogP contribution in [0.4, 0.5) is 14.9 Å². The number of anilines is 1. The van der Waals surface area contributed by atoms with Crippen LogP contribution >= 0.6 is 0 Å². The molecule has 1 fully saturated rings. The average molecular weight is 383 g/mol. The van der Waals surface area contributed by atoms with Crippen molar-refractivity contribution in [1.82, 2.24) is 10.6 Å². The standard InChI is InChI=1S/C22H26FN3O2/c1-15(27)18-3-2-4-20(13-18)26-22(28)25-14-21-12-17(9-10-24-21)11-16-5-7-19(23)8-6-16/h2-8,13,17,21,24H,9-12,14H2,1H3,(H2,25,26,28)/t17-,21-/m0/s1. The highest BCUT2D eigenvalue weighted by molar-refractivity contribution is 5.96. The Hall–Kier alpha value is -2.73. The zero-order chi connectivity index (χ0) is 19.9. The van der Waals surface area contributed by atoms with Crippen LogP contribution in [-0.4, -0.2) is 30.9 Å². The van der Waals surface area contributed by atoms with Crippen LogP contribution in [0.1, 0.15) is 35.7 Å². The molecule has 0 aliphatic carbocycles. The number of nitrogens with one attached hydrogen (secondary N) is 3. The first-order valence-electron chi connectivity index (χ1n) is 9.63. The van der Waals surface area contributed by atoms with Gasteiger partial charge in [-0.25, -0.2) is 9.18 Å². The Labute approximate surface area is 164 Å². The molecule has 148 valence electrons. The molecular weight excluding hydrogens is 357 g/mol. The molecule has 0 spiro atoms. The number of carbonyl (C=O) groups excluding carboxylic acids is 2. The van der Waals surface area contributed by atoms with Gasteiger partial charge in [0, 0.05) is 23.8 Å². The second kappa shape index (κ2) is 9.46. The summed E-state index contributed by atoms with van der Waals surface area (Å²) in [6.07, 6.45) is 2.94. The highest BCUT2D eigenvalue weighted by atomic mass is 19.1. The summed E-state index contributed by atoms with van der Waals surface area (Å²) in [6.45, 7) is 2.93. The number of hydrogen-bond donors (Lipinski definition) is 3. The lowest BCUT2D eigenvalue weighted by Gasteiger charge is -2.30. The van der Waals surface area contributed by atoms with Gasteiger partial charge >= 0.3 is 6.03 Å². The lowest BCUT2D eigenvalue weighted by molar-refractivity contribution is 0.101. The van der Waals surface area contributed by atoms with E-state index in [1.165, 1.54) is 19.1 Å². The molecule has 0 aromatic heterocycles. The van der Waals surface area contributed by atoms with Crippen molar-refractivity contribution in [2.24, 2.45) is 5.92 Å². The lowest BCUT2D eigenvalue weighted by Crippen LogP contribution is -2.47. The third-order valence-corrected chi connectivity index (χ3v) is 5.08. The van der Waals surface area contributed by atoms with Crippen LogP contribution < -0.4 is 16.0 Å². The van der Waals surface area contributed by atoms with Gasteiger partial charge in [-0.15, -0.1) is 0 Å². The Balaban J connectivity index is 1.46. The molecule has 0 saturated carbocycles. The van der Waals surface area contributed by atoms with Gasteiger partial charge < -0.3 is 16.0 Å². The number of ketones is 1. The Morgan fingerprint density at radius 1 is 1.18 bits per heavy atom. The first-order valence-corrected chi connectivity index (χ1v) is 9.63. The van der Waals surface area contributed by atoms with Crippen molar-refractivity contribution in [3.8, 4) is 0 Å². The SMILES string of the molecule is CC(=O)c1cccc(NC(=O)NC[C@@H]2C[C@H](Cc3ccc(F)cc3)CCN2)c1. The van der Waals surface area contributed by atoms with Crippen LogP contribution in [0.15, 0.2) is 48.5 Å². The van der Waals surface area contributed by atoms with Gasteiger partial charge in [0.05, 0.1) is 0 Å². The Morgan fingerprint density at radius 2 is 1.96 bits per heavy atom. The summed E-state index contributed by atoms with van der Waals surface area (Å²) in [5, 5.41) is 9.10. The maximum atomic E-state index is 13.0. The molecule has 1 aliphatic heterocycles. The Kier molecular flexibility index (Phi) is 6.76. The van der Waals surface area contributed by atoms with Crippen molar-refractivity contribution in [1.29, 1.82) is 0 Å². The molecule has 2 aromatic rings. The number of carbonyl (C=O) groups is 2. The zero-order valence-electron chi connectivity index (χ0n) is 16.0. The maximum absolute atomic E-state index is 13.0. The van der Waals surface area contributed by atoms with Gasteiger partial charge in [0.25, 0.3) is 0 Å². The van der Waals surface area contributed by atoms with Gasteiger partial charge in [-0.2, -0.15) is 0 Å². The lowest BCUT2D eigenvalue weighted by atomic mass is 9.87. The first kappa shape index (κ1) is 20.0. The highest BCUT2D eigenvalue weighted by Gasteiger charge is 2.22. The van der Waals surface area contributed by atoms with E-state index in [1.54, 1.807) is 24.3 Å². The number of urea groups is 1. The number of rotatable bonds is 6. The molecule has 2 aromatic carbocycles. The third-order valence-electron chi connectivity index (χ3n) is 5.08. The first-order chi connectivity index (χ1) is 13.5. The summed E-state index contributed by atoms with van der Waals surface area (Å²) < 4.78 is 13.0. The fraction of sp³-hybridized carbons (Fsp3) is 0.364. The van der Waals surface area contributed by atoms with Crippen LogP contribution in [0.5, 0.6) is 0 Å². The van der Waals surface area contributed by atoms with Gasteiger partial charge in [-0.3, -0.25) is 4.79 Å². The van der Waals surface area contributed by atoms with E-state index in [1.807, 2.05) is 12.1 Å². The topological polar surface area (TPSA) is 70.2 Å². The van der Waals surface area contributed by atoms with Crippen molar-refractivity contribution in [3.05, 3.63) is 65.5 Å². The number of benzene rings is 2. The third kappa shape index (κ3) is 5.89. The van der Waals surface area contributed by atoms with E-state index in [0.29, 0.717) is 23.7 Å². The fourth-order valence-corrected chi connectivity index (χ4v) is 3.60. The van der Waals surface area contributed by atoms with E-state index in [0.717, 1.165) is 31.4 Å². The fourth-order valence-electron chi connectivity index (χ4n) is 3.60. The van der Waals surface area contributed by atoms with E-state index in [2.05, 4.69) is 16.0 Å². The number of amides is 2. The van der Waals surface area contributed by atoms with Gasteiger partial charge in [-0.05, 0) is 68.5 Å². The monoisotopic (exact) mass is 383 g/mol. The van der Waals surface area contributed by atoms with Crippen LogP contribution in [0.25, 0.3) is 0 Å². The smallest absolute Gasteiger partial charge is 0.319 e. The molecule has 1 saturated heterocycles. The minimum absolute atomic E-state index is 0.0392. The highest BCUT2D eigenvalue weighted by Crippen LogP contribution is 2.21. The van der Waals surface area contributed by atoms with Crippen molar-refractivity contribution in [3.63, 3.8) is 0 Å². The van der Waals surface area contributed by atoms with Crippen LogP contribution in [0.2, 0.25) is 0 Å². The van der Waals surface area contributed by atoms with Gasteiger partial charge in [-0.1, -0.05) is 24.3 Å². The number of piperidine rings is 1. The van der Waals surface area contributed by atoms with Crippen LogP contribution in [0.3, 0.4) is 0 Å². The number of hydrogen-bond acceptors (Lipinski definition) is 3. The predicted molar refractivity (Wildman–Crippen MR) is 108 cm³/mol. The molecule has 2 amide bonds. The summed E-state index contributed by atoms with van der Waals surface area (Å²) in [5.74, 6) is 0.257. The Bertz CT molecular complexity index is 823.